The van der Waals surface area contributed by atoms with Crippen molar-refractivity contribution in [3.05, 3.63) is 81.1 Å². The van der Waals surface area contributed by atoms with Crippen LogP contribution in [0, 0.1) is 5.82 Å². The summed E-state index contributed by atoms with van der Waals surface area (Å²) in [6.07, 6.45) is -2.55. The van der Waals surface area contributed by atoms with Crippen molar-refractivity contribution in [3.8, 4) is 17.1 Å². The van der Waals surface area contributed by atoms with Crippen LogP contribution in [0.2, 0.25) is 0 Å². The molecule has 0 aliphatic heterocycles. The first-order valence-corrected chi connectivity index (χ1v) is 15.6. The number of fused-ring (bicyclic) bond motifs is 1. The van der Waals surface area contributed by atoms with Gasteiger partial charge in [-0.15, -0.1) is 13.2 Å². The fourth-order valence-corrected chi connectivity index (χ4v) is 6.25. The fraction of sp³-hybridized carbons (Fsp3) is 0.276. The molecule has 0 saturated heterocycles. The monoisotopic (exact) mass is 684 g/mol. The van der Waals surface area contributed by atoms with E-state index < -0.39 is 47.0 Å². The van der Waals surface area contributed by atoms with E-state index in [0.717, 1.165) is 29.5 Å². The number of aliphatic hydroxyl groups excluding tert-OH is 1. The maximum Gasteiger partial charge on any atom is 0.573 e. The number of hydrogen-bond donors (Lipinski definition) is 2. The van der Waals surface area contributed by atoms with Crippen LogP contribution >= 0.6 is 15.9 Å². The molecule has 0 spiro atoms. The molecular weight excluding hydrogens is 660 g/mol. The fourth-order valence-electron chi connectivity index (χ4n) is 4.91. The number of carbonyl (C=O) groups is 1. The van der Waals surface area contributed by atoms with Gasteiger partial charge in [-0.2, -0.15) is 0 Å². The minimum absolute atomic E-state index is 0.0348. The zero-order valence-electron chi connectivity index (χ0n) is 22.8. The normalized spacial score (nSPS) is 13.8. The lowest BCUT2D eigenvalue weighted by Gasteiger charge is -2.26. The molecule has 2 N–H and O–H groups in total. The van der Waals surface area contributed by atoms with Crippen LogP contribution < -0.4 is 14.4 Å². The minimum atomic E-state index is -5.03. The lowest BCUT2D eigenvalue weighted by Crippen LogP contribution is -2.30. The molecule has 0 unspecified atom stereocenters. The van der Waals surface area contributed by atoms with Gasteiger partial charge in [0.1, 0.15) is 22.9 Å². The van der Waals surface area contributed by atoms with E-state index in [2.05, 4.69) is 26.0 Å². The topological polar surface area (TPSA) is 109 Å². The molecule has 0 atom stereocenters. The Morgan fingerprint density at radius 2 is 1.84 bits per heavy atom. The predicted octanol–water partition coefficient (Wildman–Crippen LogP) is 6.60. The van der Waals surface area contributed by atoms with Gasteiger partial charge in [-0.3, -0.25) is 9.10 Å². The summed E-state index contributed by atoms with van der Waals surface area (Å²) in [7, 11) is -2.59. The summed E-state index contributed by atoms with van der Waals surface area (Å²) in [6, 6.07) is 11.0. The van der Waals surface area contributed by atoms with Gasteiger partial charge < -0.3 is 19.6 Å². The summed E-state index contributed by atoms with van der Waals surface area (Å²) in [5.41, 5.74) is 1.82. The molecule has 0 radical (unpaired) electrons. The third-order valence-corrected chi connectivity index (χ3v) is 9.01. The van der Waals surface area contributed by atoms with Gasteiger partial charge in [0.05, 0.1) is 35.1 Å². The van der Waals surface area contributed by atoms with Gasteiger partial charge in [0.2, 0.25) is 10.0 Å². The Bertz CT molecular complexity index is 1820. The van der Waals surface area contributed by atoms with Crippen molar-refractivity contribution >= 4 is 48.5 Å². The Morgan fingerprint density at radius 3 is 2.40 bits per heavy atom. The predicted molar refractivity (Wildman–Crippen MR) is 155 cm³/mol. The number of alkyl halides is 3. The van der Waals surface area contributed by atoms with E-state index in [1.165, 1.54) is 43.4 Å². The maximum atomic E-state index is 13.6. The van der Waals surface area contributed by atoms with Crippen molar-refractivity contribution in [2.75, 3.05) is 17.6 Å². The number of anilines is 1. The van der Waals surface area contributed by atoms with Crippen LogP contribution in [0.25, 0.3) is 22.3 Å². The average Bonchev–Trinajstić information content (AvgIpc) is 3.71. The number of nitrogens with zero attached hydrogens (tertiary/aromatic N) is 1. The Morgan fingerprint density at radius 1 is 1.16 bits per heavy atom. The van der Waals surface area contributed by atoms with E-state index >= 15 is 0 Å². The number of amides is 1. The Labute approximate surface area is 252 Å². The molecule has 3 aromatic carbocycles. The van der Waals surface area contributed by atoms with Gasteiger partial charge in [-0.1, -0.05) is 6.07 Å². The van der Waals surface area contributed by atoms with Crippen molar-refractivity contribution in [2.24, 2.45) is 0 Å². The van der Waals surface area contributed by atoms with E-state index in [1.807, 2.05) is 0 Å². The van der Waals surface area contributed by atoms with Gasteiger partial charge in [-0.25, -0.2) is 12.8 Å². The number of furan rings is 1. The first-order chi connectivity index (χ1) is 20.2. The highest BCUT2D eigenvalue weighted by molar-refractivity contribution is 9.10. The molecule has 1 aromatic heterocycles. The summed E-state index contributed by atoms with van der Waals surface area (Å²) >= 11 is 3.01. The van der Waals surface area contributed by atoms with Gasteiger partial charge >= 0.3 is 6.36 Å². The lowest BCUT2D eigenvalue weighted by molar-refractivity contribution is -0.275. The molecule has 43 heavy (non-hydrogen) atoms. The van der Waals surface area contributed by atoms with Crippen LogP contribution in [0.1, 0.15) is 45.8 Å². The second-order valence-electron chi connectivity index (χ2n) is 10.1. The first kappa shape index (κ1) is 30.8. The highest BCUT2D eigenvalue weighted by Gasteiger charge is 2.35. The molecule has 14 heteroatoms. The third-order valence-electron chi connectivity index (χ3n) is 6.98. The van der Waals surface area contributed by atoms with Crippen molar-refractivity contribution in [1.29, 1.82) is 0 Å². The second-order valence-corrected chi connectivity index (χ2v) is 12.8. The number of aliphatic hydroxyl groups is 1. The number of sulfonamides is 1. The third kappa shape index (κ3) is 6.50. The van der Waals surface area contributed by atoms with Crippen molar-refractivity contribution in [2.45, 2.75) is 38.3 Å². The summed E-state index contributed by atoms with van der Waals surface area (Å²) in [4.78, 5) is 13.0. The summed E-state index contributed by atoms with van der Waals surface area (Å²) in [6.45, 7) is -1.03. The standard InChI is InChI=1S/C29H25BrF4N2O6S/c1-35-28(38)25-21-11-20(16-3-4-16)22(12-23(21)41-27(25)17-5-7-19(31)8-6-17)36(43(2,39)40)13-15-9-18(14-37)26(30)24(10-15)42-29(32,33)34/h5-12,16,37H,3-4,13-14H2,1-2H3,(H,35,38). The SMILES string of the molecule is CNC(=O)c1c(-c2ccc(F)cc2)oc2cc(N(Cc3cc(CO)c(Br)c(OC(F)(F)F)c3)S(C)(=O)=O)c(C3CC3)cc12. The van der Waals surface area contributed by atoms with Crippen LogP contribution in [0.15, 0.2) is 57.4 Å². The molecular formula is C29H25BrF4N2O6S. The van der Waals surface area contributed by atoms with Crippen LogP contribution in [-0.4, -0.2) is 39.1 Å². The van der Waals surface area contributed by atoms with E-state index in [1.54, 1.807) is 6.07 Å². The highest BCUT2D eigenvalue weighted by atomic mass is 79.9. The average molecular weight is 685 g/mol. The van der Waals surface area contributed by atoms with Gasteiger partial charge in [0.25, 0.3) is 5.91 Å². The smallest absolute Gasteiger partial charge is 0.455 e. The molecule has 0 bridgehead atoms. The number of rotatable bonds is 9. The van der Waals surface area contributed by atoms with Crippen molar-refractivity contribution in [3.63, 3.8) is 0 Å². The van der Waals surface area contributed by atoms with Crippen LogP contribution in [0.4, 0.5) is 23.2 Å². The van der Waals surface area contributed by atoms with E-state index in [4.69, 9.17) is 4.42 Å². The molecule has 1 aliphatic carbocycles. The van der Waals surface area contributed by atoms with E-state index in [0.29, 0.717) is 16.5 Å². The van der Waals surface area contributed by atoms with Crippen LogP contribution in [-0.2, 0) is 23.2 Å². The second kappa shape index (κ2) is 11.5. The first-order valence-electron chi connectivity index (χ1n) is 12.9. The summed E-state index contributed by atoms with van der Waals surface area (Å²) in [5.74, 6) is -1.45. The van der Waals surface area contributed by atoms with Gasteiger partial charge in [0.15, 0.2) is 0 Å². The van der Waals surface area contributed by atoms with E-state index in [9.17, 15) is 35.9 Å². The van der Waals surface area contributed by atoms with Crippen molar-refractivity contribution in [1.82, 2.24) is 5.32 Å². The molecule has 1 saturated carbocycles. The summed E-state index contributed by atoms with van der Waals surface area (Å²) < 4.78 is 90.5. The maximum absolute atomic E-state index is 13.6. The van der Waals surface area contributed by atoms with Gasteiger partial charge in [0, 0.05) is 24.1 Å². The molecule has 4 aromatic rings. The van der Waals surface area contributed by atoms with Crippen LogP contribution in [0.3, 0.4) is 0 Å². The molecule has 5 rings (SSSR count). The largest absolute Gasteiger partial charge is 0.573 e. The number of hydrogen-bond acceptors (Lipinski definition) is 6. The molecule has 8 nitrogen and oxygen atoms in total. The molecule has 228 valence electrons. The molecule has 1 amide bonds. The van der Waals surface area contributed by atoms with E-state index in [-0.39, 0.29) is 44.1 Å². The Kier molecular flexibility index (Phi) is 8.22. The lowest BCUT2D eigenvalue weighted by atomic mass is 10.00. The zero-order valence-corrected chi connectivity index (χ0v) is 25.2. The zero-order chi connectivity index (χ0) is 31.3. The highest BCUT2D eigenvalue weighted by Crippen LogP contribution is 2.48. The number of halogens is 5. The number of carbonyl (C=O) groups excluding carboxylic acids is 1. The number of ether oxygens (including phenoxy) is 1. The Hall–Kier alpha value is -3.62. The van der Waals surface area contributed by atoms with Crippen LogP contribution in [0.5, 0.6) is 5.75 Å². The number of benzene rings is 3. The quantitative estimate of drug-likeness (QED) is 0.193. The van der Waals surface area contributed by atoms with Gasteiger partial charge in [-0.05, 0) is 87.8 Å². The molecule has 1 heterocycles. The number of nitrogens with one attached hydrogen (secondary N) is 1. The minimum Gasteiger partial charge on any atom is -0.455 e. The summed E-state index contributed by atoms with van der Waals surface area (Å²) in [5, 5.41) is 12.8. The Balaban J connectivity index is 1.69. The van der Waals surface area contributed by atoms with Crippen molar-refractivity contribution < 1.29 is 45.0 Å². The molecule has 1 aliphatic rings. The molecule has 1 fully saturated rings.